The molecule has 1 saturated carbocycles. The monoisotopic (exact) mass is 704 g/mol. The van der Waals surface area contributed by atoms with Gasteiger partial charge in [-0.2, -0.15) is 0 Å². The molecule has 4 rings (SSSR count). The number of nitro groups is 1. The molecule has 0 saturated heterocycles. The molecule has 0 spiro atoms. The maximum Gasteiger partial charge on any atom is 0.346 e. The summed E-state index contributed by atoms with van der Waals surface area (Å²) in [6.07, 6.45) is 16.6. The number of carbonyl (C=O) groups excluding carboxylic acids is 1. The molecule has 3 aromatic rings. The minimum Gasteiger partial charge on any atom is -0.477 e. The number of unbranched alkanes of at least 4 members (excludes halogenated alkanes) is 4. The van der Waals surface area contributed by atoms with E-state index in [1.54, 1.807) is 0 Å². The van der Waals surface area contributed by atoms with Crippen molar-refractivity contribution in [3.63, 3.8) is 0 Å². The lowest BCUT2D eigenvalue weighted by molar-refractivity contribution is -0.385. The summed E-state index contributed by atoms with van der Waals surface area (Å²) in [6.45, 7) is 4.16. The summed E-state index contributed by atoms with van der Waals surface area (Å²) in [6, 6.07) is 21.7. The number of aryl methyl sites for hydroxylation is 1. The first-order chi connectivity index (χ1) is 24.5. The van der Waals surface area contributed by atoms with Gasteiger partial charge in [0.05, 0.1) is 16.7 Å². The van der Waals surface area contributed by atoms with Crippen molar-refractivity contribution >= 4 is 23.3 Å². The van der Waals surface area contributed by atoms with E-state index in [1.807, 2.05) is 6.92 Å². The van der Waals surface area contributed by atoms with E-state index in [2.05, 4.69) is 61.5 Å². The summed E-state index contributed by atoms with van der Waals surface area (Å²) >= 11 is 0. The van der Waals surface area contributed by atoms with E-state index in [0.29, 0.717) is 12.8 Å². The zero-order valence-corrected chi connectivity index (χ0v) is 31.0. The number of esters is 1. The number of ether oxygens (including phenoxy) is 1. The average Bonchev–Trinajstić information content (AvgIpc) is 3.13. The van der Waals surface area contributed by atoms with Gasteiger partial charge in [0.1, 0.15) is 5.56 Å². The highest BCUT2D eigenvalue weighted by molar-refractivity contribution is 5.95. The van der Waals surface area contributed by atoms with Crippen LogP contribution in [0.1, 0.15) is 120 Å². The number of halogens is 1. The molecule has 9 heteroatoms. The molecule has 0 radical (unpaired) electrons. The third kappa shape index (κ3) is 13.8. The van der Waals surface area contributed by atoms with E-state index in [1.165, 1.54) is 113 Å². The number of carboxylic acids is 1. The van der Waals surface area contributed by atoms with Gasteiger partial charge >= 0.3 is 11.9 Å². The lowest BCUT2D eigenvalue weighted by atomic mass is 9.78. The minimum atomic E-state index is -1.85. The Bertz CT molecular complexity index is 1500. The zero-order chi connectivity index (χ0) is 37.2. The summed E-state index contributed by atoms with van der Waals surface area (Å²) in [5.74, 6) is -0.845. The second-order valence-electron chi connectivity index (χ2n) is 14.0. The highest BCUT2D eigenvalue weighted by Crippen LogP contribution is 2.36. The highest BCUT2D eigenvalue weighted by Gasteiger charge is 2.27. The van der Waals surface area contributed by atoms with Crippen molar-refractivity contribution in [2.75, 3.05) is 19.0 Å². The summed E-state index contributed by atoms with van der Waals surface area (Å²) in [7, 11) is 3.07. The van der Waals surface area contributed by atoms with E-state index in [9.17, 15) is 24.1 Å². The third-order valence-corrected chi connectivity index (χ3v) is 9.83. The number of hydrogen-bond donors (Lipinski definition) is 1. The molecule has 0 aliphatic heterocycles. The molecular weight excluding hydrogens is 647 g/mol. The van der Waals surface area contributed by atoms with E-state index >= 15 is 0 Å². The predicted molar refractivity (Wildman–Crippen MR) is 203 cm³/mol. The van der Waals surface area contributed by atoms with E-state index in [0.717, 1.165) is 24.0 Å². The lowest BCUT2D eigenvalue weighted by Crippen LogP contribution is -2.23. The molecule has 8 nitrogen and oxygen atoms in total. The lowest BCUT2D eigenvalue weighted by Gasteiger charge is -2.28. The van der Waals surface area contributed by atoms with Crippen LogP contribution < -0.4 is 9.64 Å². The average molecular weight is 705 g/mol. The molecule has 1 aliphatic carbocycles. The molecule has 1 unspecified atom stereocenters. The van der Waals surface area contributed by atoms with Crippen molar-refractivity contribution in [2.24, 2.45) is 11.8 Å². The van der Waals surface area contributed by atoms with Crippen molar-refractivity contribution in [3.05, 3.63) is 88.0 Å². The molecule has 0 amide bonds. The van der Waals surface area contributed by atoms with Crippen LogP contribution in [0.5, 0.6) is 5.75 Å². The molecule has 0 aromatic heterocycles. The molecule has 51 heavy (non-hydrogen) atoms. The number of hydrogen-bond acceptors (Lipinski definition) is 6. The Labute approximate surface area is 303 Å². The normalized spacial score (nSPS) is 16.0. The van der Waals surface area contributed by atoms with Gasteiger partial charge in [-0.15, -0.1) is 0 Å². The molecular formula is C42H57FN2O6. The van der Waals surface area contributed by atoms with Gasteiger partial charge in [0.15, 0.2) is 11.9 Å². The van der Waals surface area contributed by atoms with Crippen LogP contribution in [0.15, 0.2) is 66.7 Å². The number of alkyl halides is 1. The predicted octanol–water partition coefficient (Wildman–Crippen LogP) is 11.2. The van der Waals surface area contributed by atoms with E-state index in [-0.39, 0.29) is 17.9 Å². The molecule has 1 aliphatic rings. The van der Waals surface area contributed by atoms with Gasteiger partial charge in [0.2, 0.25) is 0 Å². The van der Waals surface area contributed by atoms with Crippen molar-refractivity contribution in [2.45, 2.75) is 116 Å². The Morgan fingerprint density at radius 2 is 1.43 bits per heavy atom. The van der Waals surface area contributed by atoms with Gasteiger partial charge in [0, 0.05) is 14.1 Å². The smallest absolute Gasteiger partial charge is 0.346 e. The van der Waals surface area contributed by atoms with E-state index in [4.69, 9.17) is 9.84 Å². The van der Waals surface area contributed by atoms with Crippen molar-refractivity contribution in [1.82, 2.24) is 0 Å². The molecule has 3 aromatic carbocycles. The van der Waals surface area contributed by atoms with Gasteiger partial charge in [-0.05, 0) is 53.9 Å². The van der Waals surface area contributed by atoms with Crippen LogP contribution in [-0.2, 0) is 11.2 Å². The molecule has 0 bridgehead atoms. The van der Waals surface area contributed by atoms with Crippen LogP contribution in [0.2, 0.25) is 0 Å². The van der Waals surface area contributed by atoms with Crippen LogP contribution in [-0.4, -0.2) is 42.2 Å². The fourth-order valence-corrected chi connectivity index (χ4v) is 6.73. The largest absolute Gasteiger partial charge is 0.477 e. The number of anilines is 1. The first-order valence-corrected chi connectivity index (χ1v) is 18.8. The second kappa shape index (κ2) is 21.8. The number of benzene rings is 3. The highest BCUT2D eigenvalue weighted by atomic mass is 19.1. The molecule has 0 heterocycles. The summed E-state index contributed by atoms with van der Waals surface area (Å²) in [5.41, 5.74) is 2.97. The number of carboxylic acid groups (broad SMARTS) is 1. The summed E-state index contributed by atoms with van der Waals surface area (Å²) in [5, 5.41) is 20.1. The Morgan fingerprint density at radius 1 is 0.863 bits per heavy atom. The van der Waals surface area contributed by atoms with Gasteiger partial charge < -0.3 is 14.7 Å². The number of carbonyl (C=O) groups is 2. The zero-order valence-electron chi connectivity index (χ0n) is 31.0. The van der Waals surface area contributed by atoms with Crippen molar-refractivity contribution in [3.8, 4) is 16.9 Å². The maximum absolute atomic E-state index is 13.8. The van der Waals surface area contributed by atoms with Crippen LogP contribution in [0.25, 0.3) is 11.1 Å². The first-order valence-electron chi connectivity index (χ1n) is 18.8. The molecule has 1 atom stereocenters. The van der Waals surface area contributed by atoms with Gasteiger partial charge in [-0.1, -0.05) is 145 Å². The fraction of sp³-hybridized carbons (Fsp3) is 0.524. The van der Waals surface area contributed by atoms with Crippen LogP contribution >= 0.6 is 0 Å². The van der Waals surface area contributed by atoms with Gasteiger partial charge in [-0.3, -0.25) is 10.1 Å². The maximum atomic E-state index is 13.8. The minimum absolute atomic E-state index is 0.0120. The van der Waals surface area contributed by atoms with Gasteiger partial charge in [0.25, 0.3) is 5.69 Å². The Morgan fingerprint density at radius 3 is 1.96 bits per heavy atom. The first kappa shape index (κ1) is 41.2. The number of rotatable bonds is 18. The van der Waals surface area contributed by atoms with Gasteiger partial charge in [-0.25, -0.2) is 14.0 Å². The van der Waals surface area contributed by atoms with Crippen LogP contribution in [0.3, 0.4) is 0 Å². The standard InChI is InChI=1S/C27H38.C15H19FN2O6/c1-2-3-5-10-23-15-17-24(18-16-23)11-8-9-12-25-19-21-27(22-20-25)26-13-6-4-7-14-26;1-4-5-6-10(16)15(21)24-13-8-11(18(22)23)9(14(19)20)7-12(13)17(2)3/h4,6-7,13-14,19-24H,2-3,5,8-12,15-18H2,1H3;7-8,10H,4-6H2,1-3H3,(H,19,20). The molecule has 278 valence electrons. The molecule has 1 fully saturated rings. The van der Waals surface area contributed by atoms with Crippen molar-refractivity contribution in [1.29, 1.82) is 0 Å². The third-order valence-electron chi connectivity index (χ3n) is 9.83. The Hall–Kier alpha value is -4.27. The van der Waals surface area contributed by atoms with E-state index < -0.39 is 34.3 Å². The van der Waals surface area contributed by atoms with Crippen LogP contribution in [0, 0.1) is 22.0 Å². The number of aromatic carboxylic acids is 1. The fourth-order valence-electron chi connectivity index (χ4n) is 6.73. The van der Waals surface area contributed by atoms with Crippen molar-refractivity contribution < 1.29 is 28.7 Å². The topological polar surface area (TPSA) is 110 Å². The number of nitro benzene ring substituents is 1. The summed E-state index contributed by atoms with van der Waals surface area (Å²) < 4.78 is 18.7. The molecule has 1 N–H and O–H groups in total. The number of nitrogens with zero attached hydrogens (tertiary/aromatic N) is 2. The Kier molecular flexibility index (Phi) is 17.6. The SMILES string of the molecule is CCCCC(F)C(=O)Oc1cc([N+](=O)[O-])c(C(=O)O)cc1N(C)C.CCCCCC1CCC(CCCCc2ccc(-c3ccccc3)cc2)CC1. The Balaban J connectivity index is 0.000000278. The summed E-state index contributed by atoms with van der Waals surface area (Å²) in [4.78, 5) is 34.5. The van der Waals surface area contributed by atoms with Crippen LogP contribution in [0.4, 0.5) is 15.8 Å². The second-order valence-corrected chi connectivity index (χ2v) is 14.0. The quantitative estimate of drug-likeness (QED) is 0.0461.